The lowest BCUT2D eigenvalue weighted by Gasteiger charge is -2.31. The van der Waals surface area contributed by atoms with Crippen LogP contribution in [0.15, 0.2) is 60.9 Å². The lowest BCUT2D eigenvalue weighted by Crippen LogP contribution is -2.40. The van der Waals surface area contributed by atoms with Crippen molar-refractivity contribution in [3.8, 4) is 11.3 Å². The fourth-order valence-corrected chi connectivity index (χ4v) is 3.84. The molecule has 0 radical (unpaired) electrons. The molecule has 6 nitrogen and oxygen atoms in total. The third kappa shape index (κ3) is 5.09. The van der Waals surface area contributed by atoms with Gasteiger partial charge in [-0.1, -0.05) is 12.1 Å². The first-order valence-corrected chi connectivity index (χ1v) is 10.8. The van der Waals surface area contributed by atoms with Crippen molar-refractivity contribution in [3.63, 3.8) is 0 Å². The molecule has 0 spiro atoms. The van der Waals surface area contributed by atoms with Gasteiger partial charge in [0.15, 0.2) is 5.82 Å². The largest absolute Gasteiger partial charge is 0.355 e. The monoisotopic (exact) mass is 499 g/mol. The Labute approximate surface area is 183 Å². The Morgan fingerprint density at radius 3 is 2.38 bits per heavy atom. The van der Waals surface area contributed by atoms with Crippen LogP contribution in [0, 0.1) is 9.49 Å². The third-order valence-electron chi connectivity index (χ3n) is 5.20. The SMILES string of the molecule is O=C(NCc1ccc(I)cc1)C1CCN(c2ccc(-c3ccncc3)nn2)CC1. The number of piperidine rings is 1. The van der Waals surface area contributed by atoms with Crippen LogP contribution in [0.3, 0.4) is 0 Å². The molecule has 148 valence electrons. The number of halogens is 1. The number of rotatable bonds is 5. The van der Waals surface area contributed by atoms with Crippen molar-refractivity contribution in [2.75, 3.05) is 18.0 Å². The molecule has 0 unspecified atom stereocenters. The van der Waals surface area contributed by atoms with Gasteiger partial charge in [-0.3, -0.25) is 9.78 Å². The summed E-state index contributed by atoms with van der Waals surface area (Å²) in [5.41, 5.74) is 2.96. The van der Waals surface area contributed by atoms with Gasteiger partial charge < -0.3 is 10.2 Å². The molecule has 1 N–H and O–H groups in total. The Kier molecular flexibility index (Phi) is 6.33. The lowest BCUT2D eigenvalue weighted by molar-refractivity contribution is -0.125. The van der Waals surface area contributed by atoms with Crippen LogP contribution in [0.5, 0.6) is 0 Å². The lowest BCUT2D eigenvalue weighted by atomic mass is 9.96. The molecule has 3 aromatic rings. The van der Waals surface area contributed by atoms with E-state index in [-0.39, 0.29) is 11.8 Å². The molecule has 4 rings (SSSR count). The number of anilines is 1. The molecular weight excluding hydrogens is 477 g/mol. The van der Waals surface area contributed by atoms with Crippen molar-refractivity contribution in [1.29, 1.82) is 0 Å². The zero-order chi connectivity index (χ0) is 20.1. The van der Waals surface area contributed by atoms with E-state index in [0.717, 1.165) is 48.6 Å². The number of benzene rings is 1. The molecular formula is C22H22IN5O. The minimum Gasteiger partial charge on any atom is -0.355 e. The number of hydrogen-bond acceptors (Lipinski definition) is 5. The molecule has 1 aromatic carbocycles. The van der Waals surface area contributed by atoms with Crippen molar-refractivity contribution in [1.82, 2.24) is 20.5 Å². The van der Waals surface area contributed by atoms with E-state index >= 15 is 0 Å². The highest BCUT2D eigenvalue weighted by molar-refractivity contribution is 14.1. The van der Waals surface area contributed by atoms with Crippen LogP contribution < -0.4 is 10.2 Å². The van der Waals surface area contributed by atoms with E-state index in [9.17, 15) is 4.79 Å². The van der Waals surface area contributed by atoms with Gasteiger partial charge in [0.2, 0.25) is 5.91 Å². The van der Waals surface area contributed by atoms with Crippen LogP contribution in [0.2, 0.25) is 0 Å². The fourth-order valence-electron chi connectivity index (χ4n) is 3.48. The quantitative estimate of drug-likeness (QED) is 0.543. The van der Waals surface area contributed by atoms with Gasteiger partial charge in [-0.05, 0) is 77.4 Å². The second-order valence-electron chi connectivity index (χ2n) is 7.12. The number of nitrogens with one attached hydrogen (secondary N) is 1. The molecule has 1 amide bonds. The van der Waals surface area contributed by atoms with Crippen molar-refractivity contribution in [2.24, 2.45) is 5.92 Å². The molecule has 0 atom stereocenters. The van der Waals surface area contributed by atoms with E-state index in [0.29, 0.717) is 6.54 Å². The first kappa shape index (κ1) is 19.8. The zero-order valence-corrected chi connectivity index (χ0v) is 18.1. The summed E-state index contributed by atoms with van der Waals surface area (Å²) in [6.45, 7) is 2.20. The molecule has 7 heteroatoms. The number of aromatic nitrogens is 3. The number of nitrogens with zero attached hydrogens (tertiary/aromatic N) is 4. The molecule has 2 aromatic heterocycles. The summed E-state index contributed by atoms with van der Waals surface area (Å²) in [5.74, 6) is 1.06. The Bertz CT molecular complexity index is 939. The number of pyridine rings is 1. The number of carbonyl (C=O) groups is 1. The van der Waals surface area contributed by atoms with Gasteiger partial charge in [-0.25, -0.2) is 0 Å². The van der Waals surface area contributed by atoms with Crippen molar-refractivity contribution < 1.29 is 4.79 Å². The number of amides is 1. The van der Waals surface area contributed by atoms with Crippen molar-refractivity contribution >= 4 is 34.3 Å². The second kappa shape index (κ2) is 9.30. The highest BCUT2D eigenvalue weighted by Crippen LogP contribution is 2.23. The van der Waals surface area contributed by atoms with E-state index in [2.05, 4.69) is 72.3 Å². The summed E-state index contributed by atoms with van der Waals surface area (Å²) in [4.78, 5) is 18.7. The summed E-state index contributed by atoms with van der Waals surface area (Å²) in [6, 6.07) is 16.0. The van der Waals surface area contributed by atoms with E-state index in [4.69, 9.17) is 0 Å². The minimum absolute atomic E-state index is 0.0548. The van der Waals surface area contributed by atoms with Gasteiger partial charge in [0.25, 0.3) is 0 Å². The molecule has 29 heavy (non-hydrogen) atoms. The van der Waals surface area contributed by atoms with Crippen LogP contribution in [0.4, 0.5) is 5.82 Å². The molecule has 0 saturated carbocycles. The Morgan fingerprint density at radius 1 is 1.00 bits per heavy atom. The maximum Gasteiger partial charge on any atom is 0.223 e. The van der Waals surface area contributed by atoms with Gasteiger partial charge in [0, 0.05) is 47.1 Å². The van der Waals surface area contributed by atoms with Crippen LogP contribution in [-0.2, 0) is 11.3 Å². The Morgan fingerprint density at radius 2 is 1.72 bits per heavy atom. The van der Waals surface area contributed by atoms with Gasteiger partial charge in [0.1, 0.15) is 0 Å². The zero-order valence-electron chi connectivity index (χ0n) is 16.0. The van der Waals surface area contributed by atoms with Gasteiger partial charge >= 0.3 is 0 Å². The average molecular weight is 499 g/mol. The first-order chi connectivity index (χ1) is 14.2. The fraction of sp³-hybridized carbons (Fsp3) is 0.273. The van der Waals surface area contributed by atoms with Crippen LogP contribution in [0.25, 0.3) is 11.3 Å². The van der Waals surface area contributed by atoms with Crippen LogP contribution >= 0.6 is 22.6 Å². The maximum absolute atomic E-state index is 12.5. The normalized spacial score (nSPS) is 14.6. The molecule has 1 saturated heterocycles. The summed E-state index contributed by atoms with van der Waals surface area (Å²) in [7, 11) is 0. The second-order valence-corrected chi connectivity index (χ2v) is 8.36. The Hall–Kier alpha value is -2.55. The van der Waals surface area contributed by atoms with E-state index < -0.39 is 0 Å². The van der Waals surface area contributed by atoms with Gasteiger partial charge in [-0.2, -0.15) is 0 Å². The van der Waals surface area contributed by atoms with E-state index in [1.54, 1.807) is 12.4 Å². The smallest absolute Gasteiger partial charge is 0.223 e. The third-order valence-corrected chi connectivity index (χ3v) is 5.92. The summed E-state index contributed by atoms with van der Waals surface area (Å²) in [6.07, 6.45) is 5.15. The molecule has 1 aliphatic rings. The highest BCUT2D eigenvalue weighted by Gasteiger charge is 2.25. The average Bonchev–Trinajstić information content (AvgIpc) is 2.79. The molecule has 0 bridgehead atoms. The Balaban J connectivity index is 1.28. The number of hydrogen-bond donors (Lipinski definition) is 1. The predicted octanol–water partition coefficient (Wildman–Crippen LogP) is 3.68. The summed E-state index contributed by atoms with van der Waals surface area (Å²) >= 11 is 2.28. The van der Waals surface area contributed by atoms with E-state index in [1.807, 2.05) is 24.3 Å². The summed E-state index contributed by atoms with van der Waals surface area (Å²) < 4.78 is 1.20. The molecule has 1 fully saturated rings. The molecule has 1 aliphatic heterocycles. The topological polar surface area (TPSA) is 71.0 Å². The van der Waals surface area contributed by atoms with Crippen LogP contribution in [-0.4, -0.2) is 34.2 Å². The molecule has 0 aliphatic carbocycles. The standard InChI is InChI=1S/C22H22IN5O/c23-19-3-1-16(2-4-19)15-25-22(29)18-9-13-28(14-10-18)21-6-5-20(26-27-21)17-7-11-24-12-8-17/h1-8,11-12,18H,9-10,13-15H2,(H,25,29). The maximum atomic E-state index is 12.5. The van der Waals surface area contributed by atoms with Gasteiger partial charge in [-0.15, -0.1) is 10.2 Å². The summed E-state index contributed by atoms with van der Waals surface area (Å²) in [5, 5.41) is 11.8. The number of carbonyl (C=O) groups excluding carboxylic acids is 1. The predicted molar refractivity (Wildman–Crippen MR) is 121 cm³/mol. The van der Waals surface area contributed by atoms with E-state index in [1.165, 1.54) is 3.57 Å². The van der Waals surface area contributed by atoms with Crippen molar-refractivity contribution in [3.05, 3.63) is 70.1 Å². The van der Waals surface area contributed by atoms with Crippen LogP contribution in [0.1, 0.15) is 18.4 Å². The molecule has 3 heterocycles. The minimum atomic E-state index is 0.0548. The first-order valence-electron chi connectivity index (χ1n) is 9.70. The van der Waals surface area contributed by atoms with Crippen molar-refractivity contribution in [2.45, 2.75) is 19.4 Å². The van der Waals surface area contributed by atoms with Gasteiger partial charge in [0.05, 0.1) is 5.69 Å². The highest BCUT2D eigenvalue weighted by atomic mass is 127.